The lowest BCUT2D eigenvalue weighted by Crippen LogP contribution is -1.96. The lowest BCUT2D eigenvalue weighted by molar-refractivity contribution is 0.940. The van der Waals surface area contributed by atoms with Gasteiger partial charge < -0.3 is 5.73 Å². The van der Waals surface area contributed by atoms with Gasteiger partial charge in [0.15, 0.2) is 5.16 Å². The number of nitrogens with zero attached hydrogens (tertiary/aromatic N) is 3. The number of nitrogens with two attached hydrogens (primary N) is 1. The van der Waals surface area contributed by atoms with Crippen molar-refractivity contribution in [1.82, 2.24) is 15.0 Å². The van der Waals surface area contributed by atoms with Crippen LogP contribution in [0.3, 0.4) is 0 Å². The summed E-state index contributed by atoms with van der Waals surface area (Å²) in [5.74, 6) is 1.32. The molecule has 2 aromatic rings. The zero-order valence-corrected chi connectivity index (χ0v) is 10.7. The summed E-state index contributed by atoms with van der Waals surface area (Å²) in [6.07, 6.45) is 3.70. The standard InChI is InChI=1S/C12H14N4S/c1-8-3-10(6-14-5-8)7-17-12-15-9(2)4-11(13)16-12/h3-6H,7H2,1-2H3,(H2,13,15,16). The maximum Gasteiger partial charge on any atom is 0.190 e. The van der Waals surface area contributed by atoms with Crippen LogP contribution in [0.25, 0.3) is 0 Å². The molecule has 2 rings (SSSR count). The molecule has 2 aromatic heterocycles. The molecule has 0 fully saturated rings. The average Bonchev–Trinajstić information content (AvgIpc) is 2.25. The van der Waals surface area contributed by atoms with Crippen molar-refractivity contribution in [1.29, 1.82) is 0 Å². The fourth-order valence-corrected chi connectivity index (χ4v) is 2.31. The van der Waals surface area contributed by atoms with Crippen LogP contribution in [-0.4, -0.2) is 15.0 Å². The third-order valence-electron chi connectivity index (χ3n) is 2.15. The van der Waals surface area contributed by atoms with Crippen LogP contribution in [0.15, 0.2) is 29.7 Å². The Balaban J connectivity index is 2.07. The number of aryl methyl sites for hydroxylation is 2. The molecule has 0 radical (unpaired) electrons. The fourth-order valence-electron chi connectivity index (χ4n) is 1.47. The summed E-state index contributed by atoms with van der Waals surface area (Å²) in [5.41, 5.74) is 8.89. The molecular weight excluding hydrogens is 232 g/mol. The van der Waals surface area contributed by atoms with Crippen LogP contribution < -0.4 is 5.73 Å². The fraction of sp³-hybridized carbons (Fsp3) is 0.250. The van der Waals surface area contributed by atoms with E-state index in [4.69, 9.17) is 5.73 Å². The van der Waals surface area contributed by atoms with E-state index in [2.05, 4.69) is 21.0 Å². The molecule has 0 unspecified atom stereocenters. The highest BCUT2D eigenvalue weighted by Gasteiger charge is 2.02. The van der Waals surface area contributed by atoms with Gasteiger partial charge in [0.05, 0.1) is 0 Å². The number of anilines is 1. The maximum absolute atomic E-state index is 5.68. The summed E-state index contributed by atoms with van der Waals surface area (Å²) in [6.45, 7) is 3.94. The monoisotopic (exact) mass is 246 g/mol. The largest absolute Gasteiger partial charge is 0.384 e. The van der Waals surface area contributed by atoms with Crippen LogP contribution >= 0.6 is 11.8 Å². The molecule has 0 saturated carbocycles. The highest BCUT2D eigenvalue weighted by Crippen LogP contribution is 2.20. The van der Waals surface area contributed by atoms with Crippen molar-refractivity contribution in [3.8, 4) is 0 Å². The third kappa shape index (κ3) is 3.42. The summed E-state index contributed by atoms with van der Waals surface area (Å²) in [5, 5.41) is 0.712. The van der Waals surface area contributed by atoms with Gasteiger partial charge in [-0.15, -0.1) is 0 Å². The molecule has 4 nitrogen and oxygen atoms in total. The summed E-state index contributed by atoms with van der Waals surface area (Å²) in [6, 6.07) is 3.87. The van der Waals surface area contributed by atoms with Crippen molar-refractivity contribution in [2.45, 2.75) is 24.8 Å². The van der Waals surface area contributed by atoms with E-state index in [1.807, 2.05) is 26.2 Å². The molecule has 2 N–H and O–H groups in total. The highest BCUT2D eigenvalue weighted by molar-refractivity contribution is 7.98. The third-order valence-corrected chi connectivity index (χ3v) is 3.07. The van der Waals surface area contributed by atoms with Gasteiger partial charge in [-0.1, -0.05) is 17.8 Å². The van der Waals surface area contributed by atoms with Crippen LogP contribution in [0.2, 0.25) is 0 Å². The number of thioether (sulfide) groups is 1. The minimum Gasteiger partial charge on any atom is -0.384 e. The Kier molecular flexibility index (Phi) is 3.58. The van der Waals surface area contributed by atoms with E-state index in [9.17, 15) is 0 Å². The molecule has 17 heavy (non-hydrogen) atoms. The van der Waals surface area contributed by atoms with Crippen molar-refractivity contribution in [3.05, 3.63) is 41.3 Å². The molecule has 88 valence electrons. The first-order valence-electron chi connectivity index (χ1n) is 5.28. The van der Waals surface area contributed by atoms with E-state index in [0.717, 1.165) is 17.0 Å². The zero-order chi connectivity index (χ0) is 12.3. The first kappa shape index (κ1) is 11.9. The molecular formula is C12H14N4S. The van der Waals surface area contributed by atoms with E-state index in [0.29, 0.717) is 11.0 Å². The summed E-state index contributed by atoms with van der Waals surface area (Å²) >= 11 is 1.57. The molecule has 5 heteroatoms. The van der Waals surface area contributed by atoms with Crippen molar-refractivity contribution >= 4 is 17.6 Å². The minimum absolute atomic E-state index is 0.516. The predicted octanol–water partition coefficient (Wildman–Crippen LogP) is 2.36. The number of rotatable bonds is 3. The van der Waals surface area contributed by atoms with Gasteiger partial charge in [0.1, 0.15) is 5.82 Å². The molecule has 0 aliphatic carbocycles. The molecule has 0 saturated heterocycles. The van der Waals surface area contributed by atoms with Crippen molar-refractivity contribution < 1.29 is 0 Å². The van der Waals surface area contributed by atoms with Gasteiger partial charge in [0.2, 0.25) is 0 Å². The van der Waals surface area contributed by atoms with Crippen LogP contribution in [0, 0.1) is 13.8 Å². The predicted molar refractivity (Wildman–Crippen MR) is 69.7 cm³/mol. The van der Waals surface area contributed by atoms with E-state index in [1.165, 1.54) is 5.56 Å². The number of aromatic nitrogens is 3. The molecule has 2 heterocycles. The molecule has 0 aromatic carbocycles. The number of pyridine rings is 1. The van der Waals surface area contributed by atoms with E-state index in [-0.39, 0.29) is 0 Å². The van der Waals surface area contributed by atoms with Crippen LogP contribution in [-0.2, 0) is 5.75 Å². The number of nitrogen functional groups attached to an aromatic ring is 1. The molecule has 0 amide bonds. The SMILES string of the molecule is Cc1cncc(CSc2nc(C)cc(N)n2)c1. The Hall–Kier alpha value is -1.62. The van der Waals surface area contributed by atoms with E-state index in [1.54, 1.807) is 17.8 Å². The van der Waals surface area contributed by atoms with Crippen molar-refractivity contribution in [3.63, 3.8) is 0 Å². The lowest BCUT2D eigenvalue weighted by Gasteiger charge is -2.03. The topological polar surface area (TPSA) is 64.7 Å². The van der Waals surface area contributed by atoms with Gasteiger partial charge in [0.25, 0.3) is 0 Å². The first-order chi connectivity index (χ1) is 8.13. The Morgan fingerprint density at radius 2 is 2.00 bits per heavy atom. The second kappa shape index (κ2) is 5.14. The van der Waals surface area contributed by atoms with Crippen LogP contribution in [0.5, 0.6) is 0 Å². The van der Waals surface area contributed by atoms with E-state index >= 15 is 0 Å². The van der Waals surface area contributed by atoms with Gasteiger partial charge in [-0.2, -0.15) is 0 Å². The average molecular weight is 246 g/mol. The molecule has 0 aliphatic rings. The Labute approximate surface area is 105 Å². The second-order valence-corrected chi connectivity index (χ2v) is 4.82. The first-order valence-corrected chi connectivity index (χ1v) is 6.26. The smallest absolute Gasteiger partial charge is 0.190 e. The molecule has 0 aliphatic heterocycles. The van der Waals surface area contributed by atoms with Gasteiger partial charge in [0, 0.05) is 29.9 Å². The van der Waals surface area contributed by atoms with Crippen molar-refractivity contribution in [2.24, 2.45) is 0 Å². The summed E-state index contributed by atoms with van der Waals surface area (Å²) in [7, 11) is 0. The van der Waals surface area contributed by atoms with Crippen molar-refractivity contribution in [2.75, 3.05) is 5.73 Å². The van der Waals surface area contributed by atoms with Gasteiger partial charge in [-0.3, -0.25) is 4.98 Å². The van der Waals surface area contributed by atoms with Gasteiger partial charge >= 0.3 is 0 Å². The summed E-state index contributed by atoms with van der Waals surface area (Å²) in [4.78, 5) is 12.7. The number of hydrogen-bond acceptors (Lipinski definition) is 5. The Morgan fingerprint density at radius 1 is 1.18 bits per heavy atom. The van der Waals surface area contributed by atoms with Gasteiger partial charge in [-0.25, -0.2) is 9.97 Å². The second-order valence-electron chi connectivity index (χ2n) is 3.88. The minimum atomic E-state index is 0.516. The Morgan fingerprint density at radius 3 is 2.71 bits per heavy atom. The molecule has 0 atom stereocenters. The van der Waals surface area contributed by atoms with Gasteiger partial charge in [-0.05, 0) is 25.0 Å². The molecule has 0 spiro atoms. The van der Waals surface area contributed by atoms with Crippen LogP contribution in [0.4, 0.5) is 5.82 Å². The molecule has 0 bridgehead atoms. The van der Waals surface area contributed by atoms with E-state index < -0.39 is 0 Å². The zero-order valence-electron chi connectivity index (χ0n) is 9.84. The van der Waals surface area contributed by atoms with Crippen LogP contribution in [0.1, 0.15) is 16.8 Å². The number of hydrogen-bond donors (Lipinski definition) is 1. The normalized spacial score (nSPS) is 10.5. The Bertz CT molecular complexity index is 507. The quantitative estimate of drug-likeness (QED) is 0.665. The maximum atomic E-state index is 5.68. The summed E-state index contributed by atoms with van der Waals surface area (Å²) < 4.78 is 0. The lowest BCUT2D eigenvalue weighted by atomic mass is 10.2. The highest BCUT2D eigenvalue weighted by atomic mass is 32.2.